The molecular weight excluding hydrogens is 404 g/mol. The van der Waals surface area contributed by atoms with Gasteiger partial charge in [0.2, 0.25) is 0 Å². The Balaban J connectivity index is 2.01. The predicted molar refractivity (Wildman–Crippen MR) is 115 cm³/mol. The van der Waals surface area contributed by atoms with Crippen LogP contribution in [0.1, 0.15) is 67.7 Å². The molecule has 3 saturated heterocycles. The Kier molecular flexibility index (Phi) is 5.83. The van der Waals surface area contributed by atoms with Gasteiger partial charge in [0.1, 0.15) is 23.4 Å². The van der Waals surface area contributed by atoms with Gasteiger partial charge < -0.3 is 28.5 Å². The van der Waals surface area contributed by atoms with Gasteiger partial charge in [-0.25, -0.2) is 0 Å². The summed E-state index contributed by atoms with van der Waals surface area (Å²) in [4.78, 5) is 12.5. The van der Waals surface area contributed by atoms with E-state index in [1.54, 1.807) is 0 Å². The van der Waals surface area contributed by atoms with Crippen LogP contribution in [0.3, 0.4) is 0 Å². The topological polar surface area (TPSA) is 83.5 Å². The van der Waals surface area contributed by atoms with E-state index in [1.165, 1.54) is 0 Å². The first kappa shape index (κ1) is 24.1. The van der Waals surface area contributed by atoms with Crippen molar-refractivity contribution in [3.05, 3.63) is 0 Å². The van der Waals surface area contributed by atoms with Crippen LogP contribution in [-0.4, -0.2) is 67.4 Å². The van der Waals surface area contributed by atoms with E-state index in [2.05, 4.69) is 33.9 Å². The summed E-state index contributed by atoms with van der Waals surface area (Å²) in [6.07, 6.45) is -0.522. The molecular formula is C22H40O7Si. The maximum Gasteiger partial charge on any atom is 0.309 e. The highest BCUT2D eigenvalue weighted by molar-refractivity contribution is 6.74. The molecule has 0 aromatic heterocycles. The Morgan fingerprint density at radius 1 is 1.20 bits per heavy atom. The lowest BCUT2D eigenvalue weighted by atomic mass is 9.74. The summed E-state index contributed by atoms with van der Waals surface area (Å²) >= 11 is 0. The van der Waals surface area contributed by atoms with Crippen molar-refractivity contribution >= 4 is 14.3 Å². The van der Waals surface area contributed by atoms with Crippen molar-refractivity contribution in [1.82, 2.24) is 0 Å². The fraction of sp³-hybridized carbons (Fsp3) is 0.955. The number of ether oxygens (including phenoxy) is 4. The van der Waals surface area contributed by atoms with Crippen molar-refractivity contribution in [3.63, 3.8) is 0 Å². The third-order valence-electron chi connectivity index (χ3n) is 7.89. The lowest BCUT2D eigenvalue weighted by Gasteiger charge is -2.42. The third kappa shape index (κ3) is 3.38. The zero-order valence-electron chi connectivity index (χ0n) is 20.1. The summed E-state index contributed by atoms with van der Waals surface area (Å²) < 4.78 is 31.1. The molecule has 3 fully saturated rings. The summed E-state index contributed by atoms with van der Waals surface area (Å²) in [5.74, 6) is -1.11. The SMILES string of the molecule is CC[C@]1(C2COC(C)(C)O2)O[C@]2(CO[Si](C)(C)C(C)(C)C)CC(=O)O[C@]2(CC)[C@@H]1O. The smallest absolute Gasteiger partial charge is 0.309 e. The van der Waals surface area contributed by atoms with Gasteiger partial charge in [-0.15, -0.1) is 0 Å². The third-order valence-corrected chi connectivity index (χ3v) is 12.4. The molecule has 0 aromatic rings. The predicted octanol–water partition coefficient (Wildman–Crippen LogP) is 3.53. The Hall–Kier alpha value is -0.513. The summed E-state index contributed by atoms with van der Waals surface area (Å²) in [6.45, 7) is 19.0. The van der Waals surface area contributed by atoms with Crippen LogP contribution in [-0.2, 0) is 28.2 Å². The van der Waals surface area contributed by atoms with Crippen molar-refractivity contribution in [2.75, 3.05) is 13.2 Å². The Morgan fingerprint density at radius 2 is 1.83 bits per heavy atom. The van der Waals surface area contributed by atoms with Gasteiger partial charge in [-0.3, -0.25) is 4.79 Å². The van der Waals surface area contributed by atoms with Crippen LogP contribution in [0.25, 0.3) is 0 Å². The fourth-order valence-electron chi connectivity index (χ4n) is 4.92. The number of carbonyl (C=O) groups excluding carboxylic acids is 1. The van der Waals surface area contributed by atoms with Crippen molar-refractivity contribution < 1.29 is 33.3 Å². The summed E-state index contributed by atoms with van der Waals surface area (Å²) in [5, 5.41) is 11.7. The van der Waals surface area contributed by atoms with Crippen molar-refractivity contribution in [2.45, 2.75) is 121 Å². The minimum atomic E-state index is -2.12. The van der Waals surface area contributed by atoms with E-state index in [9.17, 15) is 9.90 Å². The molecule has 1 N–H and O–H groups in total. The highest BCUT2D eigenvalue weighted by Crippen LogP contribution is 2.59. The zero-order valence-corrected chi connectivity index (χ0v) is 21.1. The Morgan fingerprint density at radius 3 is 2.30 bits per heavy atom. The van der Waals surface area contributed by atoms with Crippen LogP contribution in [0.2, 0.25) is 18.1 Å². The molecule has 8 heteroatoms. The normalized spacial score (nSPS) is 41.2. The second-order valence-corrected chi connectivity index (χ2v) is 15.9. The molecule has 0 radical (unpaired) electrons. The molecule has 3 aliphatic rings. The van der Waals surface area contributed by atoms with Gasteiger partial charge in [-0.1, -0.05) is 34.6 Å². The van der Waals surface area contributed by atoms with Gasteiger partial charge >= 0.3 is 5.97 Å². The number of aliphatic hydroxyl groups is 1. The van der Waals surface area contributed by atoms with Gasteiger partial charge in [0.15, 0.2) is 19.7 Å². The number of hydrogen-bond acceptors (Lipinski definition) is 7. The van der Waals surface area contributed by atoms with E-state index >= 15 is 0 Å². The van der Waals surface area contributed by atoms with Crippen LogP contribution in [0.5, 0.6) is 0 Å². The molecule has 3 heterocycles. The summed E-state index contributed by atoms with van der Waals surface area (Å²) in [5.41, 5.74) is -3.26. The van der Waals surface area contributed by atoms with E-state index in [1.807, 2.05) is 27.7 Å². The summed E-state index contributed by atoms with van der Waals surface area (Å²) in [6, 6.07) is 0. The first-order valence-corrected chi connectivity index (χ1v) is 14.1. The van der Waals surface area contributed by atoms with Crippen molar-refractivity contribution in [2.24, 2.45) is 0 Å². The van der Waals surface area contributed by atoms with Gasteiger partial charge in [-0.2, -0.15) is 0 Å². The minimum Gasteiger partial charge on any atom is -0.453 e. The first-order chi connectivity index (χ1) is 13.6. The molecule has 5 atom stereocenters. The molecule has 3 aliphatic heterocycles. The minimum absolute atomic E-state index is 0.00742. The van der Waals surface area contributed by atoms with E-state index in [4.69, 9.17) is 23.4 Å². The summed E-state index contributed by atoms with van der Waals surface area (Å²) in [7, 11) is -2.12. The molecule has 0 aliphatic carbocycles. The van der Waals surface area contributed by atoms with Crippen LogP contribution >= 0.6 is 0 Å². The van der Waals surface area contributed by atoms with E-state index in [0.29, 0.717) is 19.4 Å². The fourth-order valence-corrected chi connectivity index (χ4v) is 5.95. The largest absolute Gasteiger partial charge is 0.453 e. The Labute approximate surface area is 181 Å². The molecule has 0 aromatic carbocycles. The number of carbonyl (C=O) groups is 1. The standard InChI is InChI=1S/C22H40O7Si/c1-10-21(15-13-25-19(6,7)27-15)17(24)22(11-2)20(29-21,12-16(23)28-22)14-26-30(8,9)18(3,4)5/h15,17,24H,10-14H2,1-9H3/t15?,17-,20+,21-,22-/m1/s1. The Bertz CT molecular complexity index is 687. The monoisotopic (exact) mass is 444 g/mol. The van der Waals surface area contributed by atoms with Crippen LogP contribution in [0, 0.1) is 0 Å². The second-order valence-electron chi connectivity index (χ2n) is 11.1. The van der Waals surface area contributed by atoms with Crippen molar-refractivity contribution in [3.8, 4) is 0 Å². The average Bonchev–Trinajstić information content (AvgIpc) is 3.19. The molecule has 1 unspecified atom stereocenters. The van der Waals surface area contributed by atoms with Gasteiger partial charge in [0, 0.05) is 0 Å². The molecule has 0 saturated carbocycles. The van der Waals surface area contributed by atoms with Crippen LogP contribution < -0.4 is 0 Å². The van der Waals surface area contributed by atoms with Crippen molar-refractivity contribution in [1.29, 1.82) is 0 Å². The second kappa shape index (κ2) is 7.25. The lowest BCUT2D eigenvalue weighted by molar-refractivity contribution is -0.215. The molecule has 0 spiro atoms. The molecule has 0 bridgehead atoms. The van der Waals surface area contributed by atoms with E-state index in [0.717, 1.165) is 0 Å². The quantitative estimate of drug-likeness (QED) is 0.495. The lowest BCUT2D eigenvalue weighted by Crippen LogP contribution is -2.59. The number of esters is 1. The molecule has 7 nitrogen and oxygen atoms in total. The van der Waals surface area contributed by atoms with Crippen LogP contribution in [0.15, 0.2) is 0 Å². The van der Waals surface area contributed by atoms with Gasteiger partial charge in [-0.05, 0) is 44.8 Å². The number of rotatable bonds is 6. The zero-order chi connectivity index (χ0) is 22.8. The van der Waals surface area contributed by atoms with E-state index < -0.39 is 43.1 Å². The maximum atomic E-state index is 12.5. The van der Waals surface area contributed by atoms with Gasteiger partial charge in [0.05, 0.1) is 19.6 Å². The number of fused-ring (bicyclic) bond motifs is 1. The first-order valence-electron chi connectivity index (χ1n) is 11.2. The number of hydrogen-bond donors (Lipinski definition) is 1. The molecule has 30 heavy (non-hydrogen) atoms. The van der Waals surface area contributed by atoms with Gasteiger partial charge in [0.25, 0.3) is 0 Å². The number of aliphatic hydroxyl groups excluding tert-OH is 1. The molecule has 0 amide bonds. The highest BCUT2D eigenvalue weighted by Gasteiger charge is 2.78. The molecule has 174 valence electrons. The molecule has 3 rings (SSSR count). The maximum absolute atomic E-state index is 12.5. The van der Waals surface area contributed by atoms with E-state index in [-0.39, 0.29) is 24.0 Å². The highest BCUT2D eigenvalue weighted by atomic mass is 28.4. The average molecular weight is 445 g/mol. The van der Waals surface area contributed by atoms with Crippen LogP contribution in [0.4, 0.5) is 0 Å².